The molecule has 5 nitrogen and oxygen atoms in total. The van der Waals surface area contributed by atoms with Crippen molar-refractivity contribution in [1.29, 1.82) is 0 Å². The first-order valence-corrected chi connectivity index (χ1v) is 4.68. The topological polar surface area (TPSA) is 64.2 Å². The summed E-state index contributed by atoms with van der Waals surface area (Å²) in [5.74, 6) is -0.128. The fourth-order valence-corrected chi connectivity index (χ4v) is 1.09. The fourth-order valence-electron chi connectivity index (χ4n) is 1.09. The smallest absolute Gasteiger partial charge is 0.276 e. The Morgan fingerprint density at radius 2 is 2.29 bits per heavy atom. The quantitative estimate of drug-likeness (QED) is 0.769. The van der Waals surface area contributed by atoms with Crippen molar-refractivity contribution >= 4 is 11.6 Å². The van der Waals surface area contributed by atoms with Crippen LogP contribution in [0.4, 0.5) is 5.69 Å². The van der Waals surface area contributed by atoms with Crippen LogP contribution in [0.5, 0.6) is 0 Å². The van der Waals surface area contributed by atoms with Crippen molar-refractivity contribution in [3.05, 3.63) is 11.9 Å². The number of rotatable bonds is 3. The molecule has 0 unspecified atom stereocenters. The first kappa shape index (κ1) is 10.6. The Hall–Kier alpha value is -1.52. The molecule has 0 aromatic carbocycles. The van der Waals surface area contributed by atoms with E-state index in [-0.39, 0.29) is 5.91 Å². The Labute approximate surface area is 83.5 Å². The number of carbonyl (C=O) groups excluding carboxylic acids is 1. The Balaban J connectivity index is 2.94. The summed E-state index contributed by atoms with van der Waals surface area (Å²) in [5.41, 5.74) is 6.47. The maximum Gasteiger partial charge on any atom is 0.276 e. The maximum atomic E-state index is 11.7. The molecule has 0 aliphatic carbocycles. The predicted octanol–water partition coefficient (Wildman–Crippen LogP) is 0.577. The molecule has 14 heavy (non-hydrogen) atoms. The zero-order valence-electron chi connectivity index (χ0n) is 8.82. The normalized spacial score (nSPS) is 10.2. The van der Waals surface area contributed by atoms with Crippen molar-refractivity contribution in [1.82, 2.24) is 14.7 Å². The Kier molecular flexibility index (Phi) is 3.11. The van der Waals surface area contributed by atoms with Crippen LogP contribution in [0.1, 0.15) is 24.3 Å². The molecule has 1 amide bonds. The molecule has 0 radical (unpaired) electrons. The van der Waals surface area contributed by atoms with Crippen LogP contribution in [0.15, 0.2) is 6.20 Å². The summed E-state index contributed by atoms with van der Waals surface area (Å²) >= 11 is 0. The van der Waals surface area contributed by atoms with Gasteiger partial charge in [-0.15, -0.1) is 0 Å². The van der Waals surface area contributed by atoms with Crippen LogP contribution in [0.25, 0.3) is 0 Å². The van der Waals surface area contributed by atoms with Gasteiger partial charge < -0.3 is 10.6 Å². The van der Waals surface area contributed by atoms with Crippen molar-refractivity contribution in [2.24, 2.45) is 0 Å². The molecule has 5 heteroatoms. The summed E-state index contributed by atoms with van der Waals surface area (Å²) in [6, 6.07) is 0. The summed E-state index contributed by atoms with van der Waals surface area (Å²) < 4.78 is 1.66. The highest BCUT2D eigenvalue weighted by molar-refractivity contribution is 5.96. The molecule has 0 aliphatic heterocycles. The van der Waals surface area contributed by atoms with Gasteiger partial charge in [-0.1, -0.05) is 0 Å². The van der Waals surface area contributed by atoms with Gasteiger partial charge in [0.05, 0.1) is 5.69 Å². The number of aromatic nitrogens is 2. The summed E-state index contributed by atoms with van der Waals surface area (Å²) in [6.45, 7) is 5.22. The van der Waals surface area contributed by atoms with E-state index >= 15 is 0 Å². The third-order valence-electron chi connectivity index (χ3n) is 2.14. The molecule has 0 aliphatic rings. The zero-order valence-corrected chi connectivity index (χ0v) is 8.82. The SMILES string of the molecule is CCN(C)C(=O)c1nn(CC)cc1N. The minimum Gasteiger partial charge on any atom is -0.396 e. The number of carbonyl (C=O) groups is 1. The first-order valence-electron chi connectivity index (χ1n) is 4.68. The lowest BCUT2D eigenvalue weighted by molar-refractivity contribution is 0.0797. The number of aryl methyl sites for hydroxylation is 1. The second kappa shape index (κ2) is 4.13. The molecule has 2 N–H and O–H groups in total. The van der Waals surface area contributed by atoms with Gasteiger partial charge in [-0.3, -0.25) is 9.48 Å². The average Bonchev–Trinajstić information content (AvgIpc) is 2.57. The second-order valence-electron chi connectivity index (χ2n) is 3.11. The van der Waals surface area contributed by atoms with Crippen LogP contribution in [0.3, 0.4) is 0 Å². The Morgan fingerprint density at radius 3 is 2.71 bits per heavy atom. The van der Waals surface area contributed by atoms with Crippen molar-refractivity contribution < 1.29 is 4.79 Å². The minimum atomic E-state index is -0.128. The first-order chi connectivity index (χ1) is 6.60. The number of amides is 1. The monoisotopic (exact) mass is 196 g/mol. The lowest BCUT2D eigenvalue weighted by Crippen LogP contribution is -2.27. The summed E-state index contributed by atoms with van der Waals surface area (Å²) in [6.07, 6.45) is 1.68. The van der Waals surface area contributed by atoms with E-state index in [1.54, 1.807) is 22.8 Å². The van der Waals surface area contributed by atoms with E-state index in [9.17, 15) is 4.79 Å². The third kappa shape index (κ3) is 1.86. The van der Waals surface area contributed by atoms with E-state index in [1.165, 1.54) is 0 Å². The van der Waals surface area contributed by atoms with Gasteiger partial charge >= 0.3 is 0 Å². The summed E-state index contributed by atoms with van der Waals surface area (Å²) in [5, 5.41) is 4.10. The summed E-state index contributed by atoms with van der Waals surface area (Å²) in [4.78, 5) is 13.3. The van der Waals surface area contributed by atoms with Crippen LogP contribution >= 0.6 is 0 Å². The van der Waals surface area contributed by atoms with Gasteiger partial charge in [0.25, 0.3) is 5.91 Å². The van der Waals surface area contributed by atoms with E-state index in [2.05, 4.69) is 5.10 Å². The number of hydrogen-bond acceptors (Lipinski definition) is 3. The van der Waals surface area contributed by atoms with Gasteiger partial charge in [0.1, 0.15) is 0 Å². The molecule has 0 saturated heterocycles. The van der Waals surface area contributed by atoms with Crippen molar-refractivity contribution in [3.63, 3.8) is 0 Å². The Morgan fingerprint density at radius 1 is 1.64 bits per heavy atom. The number of hydrogen-bond donors (Lipinski definition) is 1. The van der Waals surface area contributed by atoms with E-state index < -0.39 is 0 Å². The van der Waals surface area contributed by atoms with E-state index in [0.717, 1.165) is 0 Å². The molecule has 78 valence electrons. The molecule has 1 aromatic rings. The molecule has 0 atom stereocenters. The molecular weight excluding hydrogens is 180 g/mol. The minimum absolute atomic E-state index is 0.128. The van der Waals surface area contributed by atoms with E-state index in [1.807, 2.05) is 13.8 Å². The average molecular weight is 196 g/mol. The molecular formula is C9H16N4O. The highest BCUT2D eigenvalue weighted by Gasteiger charge is 2.17. The molecule has 0 spiro atoms. The molecule has 0 saturated carbocycles. The molecule has 0 fully saturated rings. The van der Waals surface area contributed by atoms with Crippen molar-refractivity contribution in [3.8, 4) is 0 Å². The maximum absolute atomic E-state index is 11.7. The van der Waals surface area contributed by atoms with Crippen LogP contribution in [-0.2, 0) is 6.54 Å². The molecule has 1 rings (SSSR count). The zero-order chi connectivity index (χ0) is 10.7. The molecule has 0 bridgehead atoms. The largest absolute Gasteiger partial charge is 0.396 e. The Bertz CT molecular complexity index is 332. The van der Waals surface area contributed by atoms with Crippen LogP contribution < -0.4 is 5.73 Å². The number of nitrogens with two attached hydrogens (primary N) is 1. The van der Waals surface area contributed by atoms with Crippen molar-refractivity contribution in [2.75, 3.05) is 19.3 Å². The second-order valence-corrected chi connectivity index (χ2v) is 3.11. The van der Waals surface area contributed by atoms with Crippen LogP contribution in [0.2, 0.25) is 0 Å². The van der Waals surface area contributed by atoms with E-state index in [4.69, 9.17) is 5.73 Å². The van der Waals surface area contributed by atoms with Gasteiger partial charge in [0, 0.05) is 26.3 Å². The standard InChI is InChI=1S/C9H16N4O/c1-4-12(3)9(14)8-7(10)6-13(5-2)11-8/h6H,4-5,10H2,1-3H3. The molecule has 1 heterocycles. The predicted molar refractivity (Wildman–Crippen MR) is 54.9 cm³/mol. The lowest BCUT2D eigenvalue weighted by atomic mass is 10.3. The molecule has 1 aromatic heterocycles. The van der Waals surface area contributed by atoms with Crippen LogP contribution in [-0.4, -0.2) is 34.2 Å². The van der Waals surface area contributed by atoms with Gasteiger partial charge in [0.15, 0.2) is 5.69 Å². The number of nitrogen functional groups attached to an aromatic ring is 1. The van der Waals surface area contributed by atoms with Gasteiger partial charge in [-0.2, -0.15) is 5.10 Å². The van der Waals surface area contributed by atoms with Gasteiger partial charge in [-0.25, -0.2) is 0 Å². The van der Waals surface area contributed by atoms with Crippen molar-refractivity contribution in [2.45, 2.75) is 20.4 Å². The fraction of sp³-hybridized carbons (Fsp3) is 0.556. The lowest BCUT2D eigenvalue weighted by Gasteiger charge is -2.12. The van der Waals surface area contributed by atoms with Crippen LogP contribution in [0, 0.1) is 0 Å². The highest BCUT2D eigenvalue weighted by atomic mass is 16.2. The van der Waals surface area contributed by atoms with Gasteiger partial charge in [0.2, 0.25) is 0 Å². The number of anilines is 1. The number of nitrogens with zero attached hydrogens (tertiary/aromatic N) is 3. The summed E-state index contributed by atoms with van der Waals surface area (Å²) in [7, 11) is 1.73. The van der Waals surface area contributed by atoms with E-state index in [0.29, 0.717) is 24.5 Å². The highest BCUT2D eigenvalue weighted by Crippen LogP contribution is 2.10. The third-order valence-corrected chi connectivity index (χ3v) is 2.14. The van der Waals surface area contributed by atoms with Gasteiger partial charge in [-0.05, 0) is 13.8 Å².